The van der Waals surface area contributed by atoms with Gasteiger partial charge in [0.05, 0.1) is 11.4 Å². The first-order chi connectivity index (χ1) is 13.9. The minimum absolute atomic E-state index is 0.173. The molecule has 2 aromatic rings. The SMILES string of the molecule is CCN(CC)Cc1ccc(CNC(=O)c2ccc(N3CCCS3(=O)=O)cc2)cc1. The molecule has 1 heterocycles. The molecule has 1 fully saturated rings. The third-order valence-corrected chi connectivity index (χ3v) is 7.16. The van der Waals surface area contributed by atoms with Crippen molar-refractivity contribution in [1.82, 2.24) is 10.2 Å². The normalized spacial score (nSPS) is 15.6. The summed E-state index contributed by atoms with van der Waals surface area (Å²) >= 11 is 0. The lowest BCUT2D eigenvalue weighted by Crippen LogP contribution is -2.25. The summed E-state index contributed by atoms with van der Waals surface area (Å²) in [6.07, 6.45) is 0.637. The lowest BCUT2D eigenvalue weighted by atomic mass is 10.1. The third kappa shape index (κ3) is 5.36. The van der Waals surface area contributed by atoms with Crippen LogP contribution in [0.3, 0.4) is 0 Å². The molecule has 1 amide bonds. The maximum absolute atomic E-state index is 12.4. The van der Waals surface area contributed by atoms with Gasteiger partial charge in [0.1, 0.15) is 0 Å². The molecule has 3 rings (SSSR count). The molecule has 0 saturated carbocycles. The van der Waals surface area contributed by atoms with E-state index in [1.54, 1.807) is 24.3 Å². The lowest BCUT2D eigenvalue weighted by Gasteiger charge is -2.18. The molecular weight excluding hydrogens is 386 g/mol. The van der Waals surface area contributed by atoms with Crippen molar-refractivity contribution in [2.24, 2.45) is 0 Å². The highest BCUT2D eigenvalue weighted by atomic mass is 32.2. The number of sulfonamides is 1. The summed E-state index contributed by atoms with van der Waals surface area (Å²) in [4.78, 5) is 14.8. The number of anilines is 1. The third-order valence-electron chi connectivity index (χ3n) is 5.29. The van der Waals surface area contributed by atoms with Crippen LogP contribution in [0.4, 0.5) is 5.69 Å². The van der Waals surface area contributed by atoms with Gasteiger partial charge in [-0.25, -0.2) is 8.42 Å². The van der Waals surface area contributed by atoms with Crippen molar-refractivity contribution in [3.8, 4) is 0 Å². The molecule has 0 aromatic heterocycles. The van der Waals surface area contributed by atoms with Crippen LogP contribution in [-0.4, -0.2) is 44.6 Å². The molecule has 1 aliphatic rings. The van der Waals surface area contributed by atoms with Gasteiger partial charge in [-0.2, -0.15) is 0 Å². The van der Waals surface area contributed by atoms with Crippen LogP contribution in [-0.2, 0) is 23.1 Å². The number of nitrogens with zero attached hydrogens (tertiary/aromatic N) is 2. The van der Waals surface area contributed by atoms with Crippen molar-refractivity contribution >= 4 is 21.6 Å². The number of hydrogen-bond acceptors (Lipinski definition) is 4. The average Bonchev–Trinajstić information content (AvgIpc) is 3.10. The minimum atomic E-state index is -3.20. The molecule has 6 nitrogen and oxygen atoms in total. The Balaban J connectivity index is 1.55. The summed E-state index contributed by atoms with van der Waals surface area (Å²) in [5.74, 6) is 0.0104. The Morgan fingerprint density at radius 1 is 1.00 bits per heavy atom. The molecule has 0 atom stereocenters. The minimum Gasteiger partial charge on any atom is -0.348 e. The summed E-state index contributed by atoms with van der Waals surface area (Å²) in [5.41, 5.74) is 3.43. The second-order valence-electron chi connectivity index (χ2n) is 7.25. The number of rotatable bonds is 8. The molecule has 0 unspecified atom stereocenters. The van der Waals surface area contributed by atoms with E-state index in [9.17, 15) is 13.2 Å². The van der Waals surface area contributed by atoms with E-state index < -0.39 is 10.0 Å². The van der Waals surface area contributed by atoms with E-state index >= 15 is 0 Å². The summed E-state index contributed by atoms with van der Waals surface area (Å²) in [7, 11) is -3.20. The fourth-order valence-corrected chi connectivity index (χ4v) is 5.03. The summed E-state index contributed by atoms with van der Waals surface area (Å²) in [5, 5.41) is 2.92. The highest BCUT2D eigenvalue weighted by molar-refractivity contribution is 7.93. The van der Waals surface area contributed by atoms with E-state index in [1.807, 2.05) is 12.1 Å². The van der Waals surface area contributed by atoms with Gasteiger partial charge in [0.25, 0.3) is 5.91 Å². The van der Waals surface area contributed by atoms with Gasteiger partial charge >= 0.3 is 0 Å². The maximum Gasteiger partial charge on any atom is 0.251 e. The molecule has 0 bridgehead atoms. The van der Waals surface area contributed by atoms with Gasteiger partial charge in [-0.3, -0.25) is 14.0 Å². The smallest absolute Gasteiger partial charge is 0.251 e. The largest absolute Gasteiger partial charge is 0.348 e. The second kappa shape index (κ2) is 9.41. The van der Waals surface area contributed by atoms with Gasteiger partial charge in [0, 0.05) is 25.2 Å². The van der Waals surface area contributed by atoms with Crippen molar-refractivity contribution in [3.63, 3.8) is 0 Å². The lowest BCUT2D eigenvalue weighted by molar-refractivity contribution is 0.0951. The number of carbonyl (C=O) groups excluding carboxylic acids is 1. The van der Waals surface area contributed by atoms with E-state index in [0.29, 0.717) is 30.8 Å². The molecule has 2 aromatic carbocycles. The van der Waals surface area contributed by atoms with Crippen molar-refractivity contribution in [2.75, 3.05) is 29.7 Å². The number of benzene rings is 2. The second-order valence-corrected chi connectivity index (χ2v) is 9.26. The van der Waals surface area contributed by atoms with E-state index in [4.69, 9.17) is 0 Å². The molecule has 1 aliphatic heterocycles. The Hall–Kier alpha value is -2.38. The first-order valence-electron chi connectivity index (χ1n) is 10.1. The van der Waals surface area contributed by atoms with Crippen LogP contribution in [0, 0.1) is 0 Å². The molecule has 1 saturated heterocycles. The standard InChI is InChI=1S/C22H29N3O3S/c1-3-24(4-2)17-19-8-6-18(7-9-19)16-23-22(26)20-10-12-21(13-11-20)25-14-5-15-29(25,27)28/h6-13H,3-5,14-17H2,1-2H3,(H,23,26). The van der Waals surface area contributed by atoms with E-state index in [1.165, 1.54) is 9.87 Å². The average molecular weight is 416 g/mol. The fraction of sp³-hybridized carbons (Fsp3) is 0.409. The monoisotopic (exact) mass is 415 g/mol. The predicted octanol–water partition coefficient (Wildman–Crippen LogP) is 3.00. The van der Waals surface area contributed by atoms with Crippen LogP contribution in [0.5, 0.6) is 0 Å². The first-order valence-corrected chi connectivity index (χ1v) is 11.7. The molecule has 0 radical (unpaired) electrons. The van der Waals surface area contributed by atoms with E-state index in [2.05, 4.69) is 36.2 Å². The summed E-state index contributed by atoms with van der Waals surface area (Å²) in [6.45, 7) is 8.24. The summed E-state index contributed by atoms with van der Waals surface area (Å²) in [6, 6.07) is 15.0. The van der Waals surface area contributed by atoms with Crippen LogP contribution in [0.1, 0.15) is 41.8 Å². The molecule has 7 heteroatoms. The molecule has 0 spiro atoms. The highest BCUT2D eigenvalue weighted by Gasteiger charge is 2.28. The Kier molecular flexibility index (Phi) is 6.92. The van der Waals surface area contributed by atoms with Gasteiger partial charge in [-0.15, -0.1) is 0 Å². The Morgan fingerprint density at radius 3 is 2.17 bits per heavy atom. The number of amides is 1. The zero-order valence-electron chi connectivity index (χ0n) is 17.1. The van der Waals surface area contributed by atoms with Gasteiger partial charge in [0.15, 0.2) is 0 Å². The molecular formula is C22H29N3O3S. The Labute approximate surface area is 173 Å². The zero-order chi connectivity index (χ0) is 20.9. The number of hydrogen-bond donors (Lipinski definition) is 1. The fourth-order valence-electron chi connectivity index (χ4n) is 3.46. The molecule has 1 N–H and O–H groups in total. The molecule has 29 heavy (non-hydrogen) atoms. The van der Waals surface area contributed by atoms with Gasteiger partial charge in [-0.05, 0) is 54.9 Å². The predicted molar refractivity (Wildman–Crippen MR) is 116 cm³/mol. The van der Waals surface area contributed by atoms with Gasteiger partial charge in [-0.1, -0.05) is 38.1 Å². The Bertz CT molecular complexity index is 921. The van der Waals surface area contributed by atoms with Gasteiger partial charge in [0.2, 0.25) is 10.0 Å². The van der Waals surface area contributed by atoms with E-state index in [0.717, 1.165) is 25.2 Å². The van der Waals surface area contributed by atoms with Crippen molar-refractivity contribution in [2.45, 2.75) is 33.4 Å². The van der Waals surface area contributed by atoms with Gasteiger partial charge < -0.3 is 5.32 Å². The topological polar surface area (TPSA) is 69.7 Å². The number of carbonyl (C=O) groups is 1. The van der Waals surface area contributed by atoms with E-state index in [-0.39, 0.29) is 11.7 Å². The van der Waals surface area contributed by atoms with Crippen molar-refractivity contribution in [1.29, 1.82) is 0 Å². The van der Waals surface area contributed by atoms with Crippen LogP contribution >= 0.6 is 0 Å². The van der Waals surface area contributed by atoms with Crippen LogP contribution < -0.4 is 9.62 Å². The summed E-state index contributed by atoms with van der Waals surface area (Å²) < 4.78 is 25.4. The first kappa shape index (κ1) is 21.3. The number of nitrogens with one attached hydrogen (secondary N) is 1. The molecule has 156 valence electrons. The molecule has 0 aliphatic carbocycles. The van der Waals surface area contributed by atoms with Crippen LogP contribution in [0.15, 0.2) is 48.5 Å². The maximum atomic E-state index is 12.4. The van der Waals surface area contributed by atoms with Crippen LogP contribution in [0.2, 0.25) is 0 Å². The van der Waals surface area contributed by atoms with Crippen molar-refractivity contribution < 1.29 is 13.2 Å². The van der Waals surface area contributed by atoms with Crippen molar-refractivity contribution in [3.05, 3.63) is 65.2 Å². The quantitative estimate of drug-likeness (QED) is 0.720. The Morgan fingerprint density at radius 2 is 1.62 bits per heavy atom. The van der Waals surface area contributed by atoms with Crippen LogP contribution in [0.25, 0.3) is 0 Å². The highest BCUT2D eigenvalue weighted by Crippen LogP contribution is 2.24. The zero-order valence-corrected chi connectivity index (χ0v) is 17.9.